The fraction of sp³-hybridized carbons (Fsp3) is 0.231. The molecule has 1 atom stereocenters. The number of hydrogen-bond acceptors (Lipinski definition) is 4. The fourth-order valence-electron chi connectivity index (χ4n) is 2.04. The van der Waals surface area contributed by atoms with E-state index in [1.54, 1.807) is 6.92 Å². The van der Waals surface area contributed by atoms with Gasteiger partial charge in [-0.3, -0.25) is 9.89 Å². The molecular formula is C13H11F3N6O. The van der Waals surface area contributed by atoms with E-state index in [0.29, 0.717) is 5.52 Å². The summed E-state index contributed by atoms with van der Waals surface area (Å²) in [6.07, 6.45) is -1.82. The zero-order valence-corrected chi connectivity index (χ0v) is 11.8. The lowest BCUT2D eigenvalue weighted by Crippen LogP contribution is -2.24. The molecule has 120 valence electrons. The van der Waals surface area contributed by atoms with Gasteiger partial charge in [0.2, 0.25) is 5.91 Å². The monoisotopic (exact) mass is 324 g/mol. The second-order valence-electron chi connectivity index (χ2n) is 4.87. The number of alkyl halides is 3. The Morgan fingerprint density at radius 2 is 2.17 bits per heavy atom. The predicted octanol–water partition coefficient (Wildman–Crippen LogP) is 2.37. The summed E-state index contributed by atoms with van der Waals surface area (Å²) in [5.74, 6) is -0.440. The van der Waals surface area contributed by atoms with Gasteiger partial charge in [0.15, 0.2) is 5.82 Å². The van der Waals surface area contributed by atoms with Crippen LogP contribution in [0, 0.1) is 0 Å². The first kappa shape index (κ1) is 15.0. The van der Waals surface area contributed by atoms with Gasteiger partial charge in [-0.2, -0.15) is 23.4 Å². The summed E-state index contributed by atoms with van der Waals surface area (Å²) in [6.45, 7) is 1.58. The number of aromatic nitrogens is 5. The van der Waals surface area contributed by atoms with E-state index in [1.165, 1.54) is 23.4 Å². The molecule has 0 radical (unpaired) electrons. The summed E-state index contributed by atoms with van der Waals surface area (Å²) in [6, 6.07) is 2.47. The molecule has 2 aromatic heterocycles. The molecule has 1 aromatic carbocycles. The van der Waals surface area contributed by atoms with E-state index in [1.807, 2.05) is 0 Å². The van der Waals surface area contributed by atoms with Gasteiger partial charge < -0.3 is 5.32 Å². The number of benzene rings is 1. The zero-order valence-electron chi connectivity index (χ0n) is 11.8. The molecule has 3 aromatic rings. The van der Waals surface area contributed by atoms with Crippen molar-refractivity contribution in [2.45, 2.75) is 19.1 Å². The number of rotatable bonds is 3. The van der Waals surface area contributed by atoms with Crippen molar-refractivity contribution in [2.75, 3.05) is 5.32 Å². The number of fused-ring (bicyclic) bond motifs is 1. The van der Waals surface area contributed by atoms with Gasteiger partial charge in [-0.05, 0) is 25.1 Å². The lowest BCUT2D eigenvalue weighted by molar-refractivity contribution is -0.137. The molecule has 0 fully saturated rings. The van der Waals surface area contributed by atoms with E-state index in [4.69, 9.17) is 0 Å². The quantitative estimate of drug-likeness (QED) is 0.774. The van der Waals surface area contributed by atoms with Crippen molar-refractivity contribution in [1.82, 2.24) is 25.0 Å². The van der Waals surface area contributed by atoms with Crippen LogP contribution in [0.5, 0.6) is 0 Å². The molecule has 0 bridgehead atoms. The van der Waals surface area contributed by atoms with Crippen LogP contribution in [0.1, 0.15) is 18.5 Å². The molecule has 23 heavy (non-hydrogen) atoms. The van der Waals surface area contributed by atoms with E-state index in [9.17, 15) is 18.0 Å². The van der Waals surface area contributed by atoms with Crippen LogP contribution in [-0.2, 0) is 11.0 Å². The summed E-state index contributed by atoms with van der Waals surface area (Å²) in [5, 5.41) is 12.9. The van der Waals surface area contributed by atoms with Gasteiger partial charge in [0.1, 0.15) is 18.7 Å². The number of nitrogens with one attached hydrogen (secondary N) is 2. The number of halogens is 3. The standard InChI is InChI=1S/C13H11F3N6O/c1-7(22-6-17-5-18-22)12(23)19-11-9-4-8(13(14,15)16)2-3-10(9)20-21-11/h2-7H,1H3,(H2,19,20,21,23)/t7-/m0/s1. The van der Waals surface area contributed by atoms with Crippen LogP contribution in [0.3, 0.4) is 0 Å². The van der Waals surface area contributed by atoms with Gasteiger partial charge in [-0.25, -0.2) is 9.67 Å². The minimum absolute atomic E-state index is 0.0306. The van der Waals surface area contributed by atoms with Crippen molar-refractivity contribution in [3.8, 4) is 0 Å². The van der Waals surface area contributed by atoms with Crippen molar-refractivity contribution in [3.63, 3.8) is 0 Å². The maximum Gasteiger partial charge on any atom is 0.416 e. The molecule has 2 heterocycles. The molecule has 7 nitrogen and oxygen atoms in total. The van der Waals surface area contributed by atoms with E-state index >= 15 is 0 Å². The van der Waals surface area contributed by atoms with Crippen LogP contribution in [-0.4, -0.2) is 30.9 Å². The van der Waals surface area contributed by atoms with E-state index in [-0.39, 0.29) is 11.2 Å². The Morgan fingerprint density at radius 1 is 1.39 bits per heavy atom. The van der Waals surface area contributed by atoms with Crippen LogP contribution in [0.15, 0.2) is 30.9 Å². The predicted molar refractivity (Wildman–Crippen MR) is 74.5 cm³/mol. The fourth-order valence-corrected chi connectivity index (χ4v) is 2.04. The average molecular weight is 324 g/mol. The Morgan fingerprint density at radius 3 is 2.83 bits per heavy atom. The van der Waals surface area contributed by atoms with Crippen LogP contribution >= 0.6 is 0 Å². The average Bonchev–Trinajstić information content (AvgIpc) is 3.15. The molecular weight excluding hydrogens is 313 g/mol. The summed E-state index contributed by atoms with van der Waals surface area (Å²) in [4.78, 5) is 15.9. The molecule has 0 saturated heterocycles. The molecule has 0 aliphatic heterocycles. The number of hydrogen-bond donors (Lipinski definition) is 2. The molecule has 0 aliphatic carbocycles. The topological polar surface area (TPSA) is 88.5 Å². The van der Waals surface area contributed by atoms with Crippen LogP contribution in [0.25, 0.3) is 10.9 Å². The first-order chi connectivity index (χ1) is 10.9. The van der Waals surface area contributed by atoms with Gasteiger partial charge in [-0.15, -0.1) is 0 Å². The number of H-pyrrole nitrogens is 1. The van der Waals surface area contributed by atoms with Crippen LogP contribution in [0.2, 0.25) is 0 Å². The lowest BCUT2D eigenvalue weighted by Gasteiger charge is -2.11. The molecule has 3 rings (SSSR count). The second kappa shape index (κ2) is 5.38. The largest absolute Gasteiger partial charge is 0.416 e. The van der Waals surface area contributed by atoms with Crippen LogP contribution < -0.4 is 5.32 Å². The normalized spacial score (nSPS) is 13.2. The zero-order chi connectivity index (χ0) is 16.6. The molecule has 0 saturated carbocycles. The maximum atomic E-state index is 12.8. The second-order valence-corrected chi connectivity index (χ2v) is 4.87. The van der Waals surface area contributed by atoms with E-state index < -0.39 is 23.7 Å². The number of aromatic amines is 1. The van der Waals surface area contributed by atoms with Crippen molar-refractivity contribution in [2.24, 2.45) is 0 Å². The Balaban J connectivity index is 1.89. The summed E-state index contributed by atoms with van der Waals surface area (Å²) >= 11 is 0. The Labute approximate surface area is 127 Å². The highest BCUT2D eigenvalue weighted by atomic mass is 19.4. The third-order valence-corrected chi connectivity index (χ3v) is 3.34. The SMILES string of the molecule is C[C@@H](C(=O)Nc1n[nH]c2ccc(C(F)(F)F)cc12)n1cncn1. The number of carbonyl (C=O) groups is 1. The van der Waals surface area contributed by atoms with Crippen molar-refractivity contribution < 1.29 is 18.0 Å². The number of amides is 1. The van der Waals surface area contributed by atoms with Gasteiger partial charge >= 0.3 is 6.18 Å². The number of nitrogens with zero attached hydrogens (tertiary/aromatic N) is 4. The van der Waals surface area contributed by atoms with E-state index in [0.717, 1.165) is 12.1 Å². The highest BCUT2D eigenvalue weighted by Crippen LogP contribution is 2.32. The van der Waals surface area contributed by atoms with Gasteiger partial charge in [-0.1, -0.05) is 0 Å². The Hall–Kier alpha value is -2.91. The number of anilines is 1. The smallest absolute Gasteiger partial charge is 0.307 e. The Kier molecular flexibility index (Phi) is 3.51. The first-order valence-electron chi connectivity index (χ1n) is 6.56. The molecule has 10 heteroatoms. The highest BCUT2D eigenvalue weighted by molar-refractivity contribution is 6.01. The minimum atomic E-state index is -4.47. The van der Waals surface area contributed by atoms with Gasteiger partial charge in [0.05, 0.1) is 11.1 Å². The van der Waals surface area contributed by atoms with Crippen LogP contribution in [0.4, 0.5) is 19.0 Å². The molecule has 0 aliphatic rings. The molecule has 0 unspecified atom stereocenters. The lowest BCUT2D eigenvalue weighted by atomic mass is 10.1. The Bertz CT molecular complexity index is 839. The van der Waals surface area contributed by atoms with Gasteiger partial charge in [0.25, 0.3) is 0 Å². The maximum absolute atomic E-state index is 12.8. The summed E-state index contributed by atoms with van der Waals surface area (Å²) in [7, 11) is 0. The summed E-state index contributed by atoms with van der Waals surface area (Å²) in [5.41, 5.74) is -0.423. The van der Waals surface area contributed by atoms with Crippen molar-refractivity contribution >= 4 is 22.6 Å². The first-order valence-corrected chi connectivity index (χ1v) is 6.56. The third-order valence-electron chi connectivity index (χ3n) is 3.34. The summed E-state index contributed by atoms with van der Waals surface area (Å²) < 4.78 is 39.7. The minimum Gasteiger partial charge on any atom is -0.307 e. The van der Waals surface area contributed by atoms with E-state index in [2.05, 4.69) is 25.6 Å². The highest BCUT2D eigenvalue weighted by Gasteiger charge is 2.31. The molecule has 1 amide bonds. The molecule has 0 spiro atoms. The number of carbonyl (C=O) groups excluding carboxylic acids is 1. The van der Waals surface area contributed by atoms with Gasteiger partial charge in [0, 0.05) is 5.39 Å². The molecule has 2 N–H and O–H groups in total. The third kappa shape index (κ3) is 2.87. The van der Waals surface area contributed by atoms with Crippen molar-refractivity contribution in [1.29, 1.82) is 0 Å². The van der Waals surface area contributed by atoms with Crippen molar-refractivity contribution in [3.05, 3.63) is 36.4 Å².